The molecule has 0 aliphatic carbocycles. The van der Waals surface area contributed by atoms with E-state index in [9.17, 15) is 4.79 Å². The monoisotopic (exact) mass is 469 g/mol. The zero-order chi connectivity index (χ0) is 23.2. The number of benzene rings is 3. The summed E-state index contributed by atoms with van der Waals surface area (Å²) in [5, 5.41) is 3.45. The summed E-state index contributed by atoms with van der Waals surface area (Å²) in [6.07, 6.45) is 4.02. The first kappa shape index (κ1) is 22.4. The van der Waals surface area contributed by atoms with Crippen LogP contribution in [0.5, 0.6) is 0 Å². The Balaban J connectivity index is 1.49. The van der Waals surface area contributed by atoms with Crippen LogP contribution in [0.2, 0.25) is 0 Å². The van der Waals surface area contributed by atoms with Crippen LogP contribution in [0.4, 0.5) is 0 Å². The Hall–Kier alpha value is -3.35. The van der Waals surface area contributed by atoms with Gasteiger partial charge in [-0.3, -0.25) is 9.36 Å². The Morgan fingerprint density at radius 2 is 1.68 bits per heavy atom. The minimum absolute atomic E-state index is 0.0319. The molecule has 0 spiro atoms. The highest BCUT2D eigenvalue weighted by atomic mass is 32.2. The third-order valence-corrected chi connectivity index (χ3v) is 7.13. The summed E-state index contributed by atoms with van der Waals surface area (Å²) >= 11 is 1.47. The largest absolute Gasteiger partial charge is 0.376 e. The van der Waals surface area contributed by atoms with Gasteiger partial charge in [-0.2, -0.15) is 0 Å². The van der Waals surface area contributed by atoms with Gasteiger partial charge in [0.15, 0.2) is 5.16 Å². The van der Waals surface area contributed by atoms with Crippen LogP contribution in [-0.4, -0.2) is 34.7 Å². The van der Waals surface area contributed by atoms with Crippen LogP contribution in [0.3, 0.4) is 0 Å². The van der Waals surface area contributed by atoms with Crippen molar-refractivity contribution in [1.29, 1.82) is 0 Å². The molecule has 0 bridgehead atoms. The quantitative estimate of drug-likeness (QED) is 0.338. The molecule has 5 rings (SSSR count). The van der Waals surface area contributed by atoms with Gasteiger partial charge in [0.2, 0.25) is 5.91 Å². The van der Waals surface area contributed by atoms with E-state index >= 15 is 0 Å². The van der Waals surface area contributed by atoms with Crippen LogP contribution >= 0.6 is 11.8 Å². The molecule has 172 valence electrons. The van der Waals surface area contributed by atoms with Crippen molar-refractivity contribution in [3.8, 4) is 16.9 Å². The topological polar surface area (TPSA) is 56.1 Å². The van der Waals surface area contributed by atoms with Crippen LogP contribution in [0.15, 0.2) is 102 Å². The van der Waals surface area contributed by atoms with Gasteiger partial charge in [0.1, 0.15) is 5.25 Å². The normalized spacial score (nSPS) is 16.3. The van der Waals surface area contributed by atoms with Crippen LogP contribution in [0, 0.1) is 0 Å². The molecular formula is C28H27N3O2S. The number of imidazole rings is 1. The average Bonchev–Trinajstić information content (AvgIpc) is 3.57. The molecule has 1 N–H and O–H groups in total. The Labute approximate surface area is 204 Å². The maximum absolute atomic E-state index is 13.4. The van der Waals surface area contributed by atoms with Crippen molar-refractivity contribution in [1.82, 2.24) is 14.9 Å². The Kier molecular flexibility index (Phi) is 7.08. The van der Waals surface area contributed by atoms with E-state index in [0.717, 1.165) is 47.1 Å². The van der Waals surface area contributed by atoms with Crippen molar-refractivity contribution in [2.45, 2.75) is 29.4 Å². The predicted molar refractivity (Wildman–Crippen MR) is 136 cm³/mol. The molecule has 34 heavy (non-hydrogen) atoms. The van der Waals surface area contributed by atoms with Gasteiger partial charge in [-0.1, -0.05) is 90.6 Å². The number of thioether (sulfide) groups is 1. The molecule has 1 fully saturated rings. The minimum atomic E-state index is -0.434. The van der Waals surface area contributed by atoms with Gasteiger partial charge >= 0.3 is 0 Å². The van der Waals surface area contributed by atoms with E-state index < -0.39 is 5.25 Å². The van der Waals surface area contributed by atoms with E-state index in [2.05, 4.69) is 34.1 Å². The molecule has 1 aliphatic rings. The Bertz CT molecular complexity index is 1210. The Morgan fingerprint density at radius 3 is 2.35 bits per heavy atom. The third kappa shape index (κ3) is 5.08. The predicted octanol–water partition coefficient (Wildman–Crippen LogP) is 5.67. The lowest BCUT2D eigenvalue weighted by Gasteiger charge is -2.19. The number of ether oxygens (including phenoxy) is 1. The standard InChI is InChI=1S/C28H27N3O2S/c32-27(29-19-24-17-10-18-33-24)26(22-13-6-2-7-14-22)34-28-30-20-25(21-11-4-1-5-12-21)31(28)23-15-8-3-9-16-23/h1-9,11-16,20,24,26H,10,17-19H2,(H,29,32)/t24-,26+/m0/s1. The second-order valence-electron chi connectivity index (χ2n) is 8.25. The number of amides is 1. The first-order chi connectivity index (χ1) is 16.8. The first-order valence-electron chi connectivity index (χ1n) is 11.6. The molecule has 1 saturated heterocycles. The summed E-state index contributed by atoms with van der Waals surface area (Å²) in [6.45, 7) is 1.30. The second-order valence-corrected chi connectivity index (χ2v) is 9.32. The van der Waals surface area contributed by atoms with Crippen LogP contribution in [0.25, 0.3) is 16.9 Å². The molecule has 0 saturated carbocycles. The second kappa shape index (κ2) is 10.7. The number of nitrogens with zero attached hydrogens (tertiary/aromatic N) is 2. The smallest absolute Gasteiger partial charge is 0.238 e. The van der Waals surface area contributed by atoms with Crippen molar-refractivity contribution in [3.63, 3.8) is 0 Å². The number of hydrogen-bond acceptors (Lipinski definition) is 4. The van der Waals surface area contributed by atoms with Crippen LogP contribution in [-0.2, 0) is 9.53 Å². The molecule has 0 radical (unpaired) electrons. The highest BCUT2D eigenvalue weighted by Gasteiger charge is 2.27. The molecule has 2 heterocycles. The SMILES string of the molecule is O=C(NC[C@@H]1CCCO1)[C@H](Sc1ncc(-c2ccccc2)n1-c1ccccc1)c1ccccc1. The summed E-state index contributed by atoms with van der Waals surface area (Å²) in [6, 6.07) is 30.3. The zero-order valence-electron chi connectivity index (χ0n) is 18.8. The van der Waals surface area contributed by atoms with Gasteiger partial charge in [0.05, 0.1) is 18.0 Å². The summed E-state index contributed by atoms with van der Waals surface area (Å²) in [4.78, 5) is 18.2. The summed E-state index contributed by atoms with van der Waals surface area (Å²) in [5.41, 5.74) is 4.01. The molecule has 2 atom stereocenters. The minimum Gasteiger partial charge on any atom is -0.376 e. The fourth-order valence-corrected chi connectivity index (χ4v) is 5.29. The van der Waals surface area contributed by atoms with E-state index in [0.29, 0.717) is 6.54 Å². The molecule has 0 unspecified atom stereocenters. The molecule has 1 amide bonds. The van der Waals surface area contributed by atoms with E-state index in [1.165, 1.54) is 11.8 Å². The number of rotatable bonds is 8. The number of nitrogens with one attached hydrogen (secondary N) is 1. The Morgan fingerprint density at radius 1 is 1.00 bits per heavy atom. The fraction of sp³-hybridized carbons (Fsp3) is 0.214. The van der Waals surface area contributed by atoms with E-state index in [-0.39, 0.29) is 12.0 Å². The molecular weight excluding hydrogens is 442 g/mol. The van der Waals surface area contributed by atoms with Crippen molar-refractivity contribution in [3.05, 3.63) is 103 Å². The van der Waals surface area contributed by atoms with E-state index in [4.69, 9.17) is 9.72 Å². The molecule has 5 nitrogen and oxygen atoms in total. The third-order valence-electron chi connectivity index (χ3n) is 5.91. The van der Waals surface area contributed by atoms with Gasteiger partial charge in [-0.25, -0.2) is 4.98 Å². The van der Waals surface area contributed by atoms with Gasteiger partial charge in [-0.15, -0.1) is 0 Å². The lowest BCUT2D eigenvalue weighted by atomic mass is 10.1. The molecule has 3 aromatic carbocycles. The van der Waals surface area contributed by atoms with Gasteiger partial charge < -0.3 is 10.1 Å². The van der Waals surface area contributed by atoms with Crippen LogP contribution in [0.1, 0.15) is 23.7 Å². The summed E-state index contributed by atoms with van der Waals surface area (Å²) in [7, 11) is 0. The lowest BCUT2D eigenvalue weighted by molar-refractivity contribution is -0.121. The van der Waals surface area contributed by atoms with Crippen molar-refractivity contribution in [2.75, 3.05) is 13.2 Å². The highest BCUT2D eigenvalue weighted by Crippen LogP contribution is 2.38. The molecule has 4 aromatic rings. The number of hydrogen-bond donors (Lipinski definition) is 1. The van der Waals surface area contributed by atoms with Crippen molar-refractivity contribution in [2.24, 2.45) is 0 Å². The first-order valence-corrected chi connectivity index (χ1v) is 12.5. The number of aromatic nitrogens is 2. The average molecular weight is 470 g/mol. The van der Waals surface area contributed by atoms with Crippen LogP contribution < -0.4 is 5.32 Å². The van der Waals surface area contributed by atoms with Crippen molar-refractivity contribution < 1.29 is 9.53 Å². The molecule has 1 aliphatic heterocycles. The van der Waals surface area contributed by atoms with E-state index in [1.807, 2.05) is 72.9 Å². The fourth-order valence-electron chi connectivity index (χ4n) is 4.18. The van der Waals surface area contributed by atoms with Gasteiger partial charge in [-0.05, 0) is 30.5 Å². The maximum Gasteiger partial charge on any atom is 0.238 e. The lowest BCUT2D eigenvalue weighted by Crippen LogP contribution is -2.34. The molecule has 6 heteroatoms. The van der Waals surface area contributed by atoms with Crippen molar-refractivity contribution >= 4 is 17.7 Å². The number of carbonyl (C=O) groups excluding carboxylic acids is 1. The number of para-hydroxylation sites is 1. The maximum atomic E-state index is 13.4. The summed E-state index contributed by atoms with van der Waals surface area (Å²) < 4.78 is 7.83. The number of carbonyl (C=O) groups is 1. The van der Waals surface area contributed by atoms with E-state index in [1.54, 1.807) is 0 Å². The zero-order valence-corrected chi connectivity index (χ0v) is 19.7. The summed E-state index contributed by atoms with van der Waals surface area (Å²) in [5.74, 6) is -0.0319. The van der Waals surface area contributed by atoms with Gasteiger partial charge in [0, 0.05) is 24.4 Å². The van der Waals surface area contributed by atoms with Gasteiger partial charge in [0.25, 0.3) is 0 Å². The molecule has 1 aromatic heterocycles. The highest BCUT2D eigenvalue weighted by molar-refractivity contribution is 8.00.